The lowest BCUT2D eigenvalue weighted by Crippen LogP contribution is -2.07. The molecule has 0 bridgehead atoms. The van der Waals surface area contributed by atoms with Crippen LogP contribution >= 0.6 is 11.3 Å². The first-order chi connectivity index (χ1) is 9.09. The summed E-state index contributed by atoms with van der Waals surface area (Å²) in [5.41, 5.74) is 0.712. The Kier molecular flexibility index (Phi) is 4.03. The van der Waals surface area contributed by atoms with E-state index in [4.69, 9.17) is 0 Å². The topological polar surface area (TPSA) is 83.8 Å². The molecule has 19 heavy (non-hydrogen) atoms. The number of hydrogen-bond donors (Lipinski definition) is 1. The summed E-state index contributed by atoms with van der Waals surface area (Å²) in [5.74, 6) is 0. The molecule has 0 unspecified atom stereocenters. The van der Waals surface area contributed by atoms with Crippen LogP contribution in [0.4, 0.5) is 15.8 Å². The number of thiazole rings is 1. The molecular formula is C11H10N4O2S2. The predicted octanol–water partition coefficient (Wildman–Crippen LogP) is 3.44. The summed E-state index contributed by atoms with van der Waals surface area (Å²) >= 11 is 1.08. The first-order valence-corrected chi connectivity index (χ1v) is 7.53. The van der Waals surface area contributed by atoms with Crippen molar-refractivity contribution in [2.75, 3.05) is 4.72 Å². The molecule has 0 aliphatic rings. The van der Waals surface area contributed by atoms with Gasteiger partial charge in [-0.15, -0.1) is 10.2 Å². The molecule has 1 heterocycles. The van der Waals surface area contributed by atoms with Crippen LogP contribution in [0.2, 0.25) is 0 Å². The fraction of sp³-hybridized carbons (Fsp3) is 0. The zero-order chi connectivity index (χ0) is 13.7. The Morgan fingerprint density at radius 1 is 1.26 bits per heavy atom. The van der Waals surface area contributed by atoms with E-state index >= 15 is 0 Å². The molecule has 0 fully saturated rings. The third-order valence-electron chi connectivity index (χ3n) is 1.96. The molecule has 0 saturated heterocycles. The van der Waals surface area contributed by atoms with E-state index in [1.54, 1.807) is 0 Å². The number of nitrogens with zero attached hydrogens (tertiary/aromatic N) is 3. The van der Waals surface area contributed by atoms with Crippen LogP contribution in [0.5, 0.6) is 0 Å². The van der Waals surface area contributed by atoms with E-state index in [1.807, 2.05) is 30.3 Å². The third kappa shape index (κ3) is 3.97. The van der Waals surface area contributed by atoms with Crippen molar-refractivity contribution in [3.05, 3.63) is 48.5 Å². The maximum absolute atomic E-state index is 11.2. The van der Waals surface area contributed by atoms with E-state index in [2.05, 4.69) is 26.5 Å². The second kappa shape index (κ2) is 5.72. The first kappa shape index (κ1) is 13.4. The van der Waals surface area contributed by atoms with Gasteiger partial charge in [-0.3, -0.25) is 4.72 Å². The monoisotopic (exact) mass is 294 g/mol. The number of sulfonamides is 1. The van der Waals surface area contributed by atoms with Crippen LogP contribution in [0.3, 0.4) is 0 Å². The summed E-state index contributed by atoms with van der Waals surface area (Å²) in [6, 6.07) is 9.21. The Balaban J connectivity index is 2.10. The van der Waals surface area contributed by atoms with Gasteiger partial charge < -0.3 is 0 Å². The van der Waals surface area contributed by atoms with Crippen LogP contribution in [-0.2, 0) is 10.0 Å². The fourth-order valence-corrected chi connectivity index (χ4v) is 2.51. The van der Waals surface area contributed by atoms with E-state index < -0.39 is 10.0 Å². The average molecular weight is 294 g/mol. The van der Waals surface area contributed by atoms with Gasteiger partial charge in [-0.2, -0.15) is 0 Å². The Morgan fingerprint density at radius 3 is 2.68 bits per heavy atom. The summed E-state index contributed by atoms with van der Waals surface area (Å²) in [5, 5.41) is 9.53. The number of anilines is 1. The highest BCUT2D eigenvalue weighted by molar-refractivity contribution is 7.95. The highest BCUT2D eigenvalue weighted by atomic mass is 32.2. The minimum Gasteiger partial charge on any atom is -0.255 e. The molecule has 0 saturated carbocycles. The van der Waals surface area contributed by atoms with Gasteiger partial charge in [0, 0.05) is 5.41 Å². The molecule has 0 atom stereocenters. The smallest absolute Gasteiger partial charge is 0.255 e. The molecule has 98 valence electrons. The van der Waals surface area contributed by atoms with Gasteiger partial charge >= 0.3 is 0 Å². The zero-order valence-electron chi connectivity index (χ0n) is 9.72. The minimum atomic E-state index is -3.54. The predicted molar refractivity (Wildman–Crippen MR) is 75.5 cm³/mol. The highest BCUT2D eigenvalue weighted by Crippen LogP contribution is 2.28. The number of aromatic nitrogens is 1. The summed E-state index contributed by atoms with van der Waals surface area (Å²) < 4.78 is 24.7. The molecule has 0 amide bonds. The molecule has 0 aliphatic carbocycles. The molecule has 1 aromatic carbocycles. The number of nitrogens with one attached hydrogen (secondary N) is 1. The number of hydrogen-bond acceptors (Lipinski definition) is 6. The molecule has 1 N–H and O–H groups in total. The summed E-state index contributed by atoms with van der Waals surface area (Å²) in [7, 11) is -3.54. The molecule has 0 aliphatic heterocycles. The van der Waals surface area contributed by atoms with Crippen LogP contribution < -0.4 is 4.72 Å². The lowest BCUT2D eigenvalue weighted by Gasteiger charge is -1.96. The number of rotatable bonds is 5. The van der Waals surface area contributed by atoms with E-state index in [-0.39, 0.29) is 5.13 Å². The standard InChI is InChI=1S/C11H10N4O2S2/c1-2-19(16,17)15-11-12-8-10(18-11)14-13-9-6-4-3-5-7-9/h2-8H,1H2,(H,12,15). The minimum absolute atomic E-state index is 0.224. The second-order valence-electron chi connectivity index (χ2n) is 3.35. The lowest BCUT2D eigenvalue weighted by molar-refractivity contribution is 0.609. The molecule has 0 spiro atoms. The maximum Gasteiger partial charge on any atom is 0.256 e. The molecular weight excluding hydrogens is 284 g/mol. The number of benzene rings is 1. The number of azo groups is 1. The van der Waals surface area contributed by atoms with Crippen molar-refractivity contribution in [3.8, 4) is 0 Å². The Labute approximate surface area is 114 Å². The van der Waals surface area contributed by atoms with E-state index in [9.17, 15) is 8.42 Å². The van der Waals surface area contributed by atoms with Gasteiger partial charge in [0.05, 0.1) is 11.9 Å². The Hall–Kier alpha value is -2.06. The van der Waals surface area contributed by atoms with Gasteiger partial charge in [0.15, 0.2) is 10.1 Å². The fourth-order valence-electron chi connectivity index (χ4n) is 1.12. The van der Waals surface area contributed by atoms with Gasteiger partial charge in [0.2, 0.25) is 0 Å². The first-order valence-electron chi connectivity index (χ1n) is 5.17. The molecule has 6 nitrogen and oxygen atoms in total. The van der Waals surface area contributed by atoms with Gasteiger partial charge in [-0.25, -0.2) is 13.4 Å². The Bertz CT molecular complexity index is 692. The van der Waals surface area contributed by atoms with Crippen molar-refractivity contribution < 1.29 is 8.42 Å². The zero-order valence-corrected chi connectivity index (χ0v) is 11.4. The van der Waals surface area contributed by atoms with Crippen molar-refractivity contribution in [2.24, 2.45) is 10.2 Å². The molecule has 0 radical (unpaired) electrons. The third-order valence-corrected chi connectivity index (χ3v) is 3.81. The van der Waals surface area contributed by atoms with Crippen LogP contribution in [-0.4, -0.2) is 13.4 Å². The second-order valence-corrected chi connectivity index (χ2v) is 5.99. The summed E-state index contributed by atoms with van der Waals surface area (Å²) in [6.45, 7) is 3.20. The van der Waals surface area contributed by atoms with Crippen molar-refractivity contribution in [1.82, 2.24) is 4.98 Å². The van der Waals surface area contributed by atoms with E-state index in [1.165, 1.54) is 6.20 Å². The van der Waals surface area contributed by atoms with E-state index in [0.717, 1.165) is 16.7 Å². The Morgan fingerprint density at radius 2 is 2.00 bits per heavy atom. The van der Waals surface area contributed by atoms with Gasteiger partial charge in [-0.1, -0.05) is 36.1 Å². The normalized spacial score (nSPS) is 11.6. The van der Waals surface area contributed by atoms with Crippen LogP contribution in [0.25, 0.3) is 0 Å². The van der Waals surface area contributed by atoms with Crippen LogP contribution in [0.1, 0.15) is 0 Å². The SMILES string of the molecule is C=CS(=O)(=O)Nc1ncc(N=Nc2ccccc2)s1. The van der Waals surface area contributed by atoms with Crippen molar-refractivity contribution in [1.29, 1.82) is 0 Å². The van der Waals surface area contributed by atoms with Gasteiger partial charge in [0.25, 0.3) is 10.0 Å². The molecule has 1 aromatic heterocycles. The van der Waals surface area contributed by atoms with Crippen molar-refractivity contribution >= 4 is 37.2 Å². The maximum atomic E-state index is 11.2. The largest absolute Gasteiger partial charge is 0.256 e. The average Bonchev–Trinajstić information content (AvgIpc) is 2.84. The van der Waals surface area contributed by atoms with Crippen molar-refractivity contribution in [3.63, 3.8) is 0 Å². The molecule has 8 heteroatoms. The molecule has 2 aromatic rings. The molecule has 2 rings (SSSR count). The summed E-state index contributed by atoms with van der Waals surface area (Å²) in [6.07, 6.45) is 1.44. The quantitative estimate of drug-likeness (QED) is 0.857. The van der Waals surface area contributed by atoms with Gasteiger partial charge in [0.1, 0.15) is 0 Å². The van der Waals surface area contributed by atoms with E-state index in [0.29, 0.717) is 10.7 Å². The van der Waals surface area contributed by atoms with Crippen molar-refractivity contribution in [2.45, 2.75) is 0 Å². The van der Waals surface area contributed by atoms with Gasteiger partial charge in [-0.05, 0) is 12.1 Å². The summed E-state index contributed by atoms with van der Waals surface area (Å²) in [4.78, 5) is 3.89. The van der Waals surface area contributed by atoms with Crippen LogP contribution in [0, 0.1) is 0 Å². The highest BCUT2D eigenvalue weighted by Gasteiger charge is 2.08. The van der Waals surface area contributed by atoms with Crippen LogP contribution in [0.15, 0.2) is 58.7 Å². The lowest BCUT2D eigenvalue weighted by atomic mass is 10.3.